The van der Waals surface area contributed by atoms with Gasteiger partial charge in [0.15, 0.2) is 0 Å². The van der Waals surface area contributed by atoms with E-state index in [1.807, 2.05) is 19.1 Å². The fourth-order valence-electron chi connectivity index (χ4n) is 1.17. The average Bonchev–Trinajstić information content (AvgIpc) is 2.04. The predicted molar refractivity (Wildman–Crippen MR) is 52.1 cm³/mol. The minimum Gasteiger partial charge on any atom is -0.481 e. The van der Waals surface area contributed by atoms with E-state index in [9.17, 15) is 4.79 Å². The van der Waals surface area contributed by atoms with E-state index in [1.54, 1.807) is 12.1 Å². The molecule has 1 rings (SSSR count). The molecule has 1 N–H and O–H groups in total. The first-order valence-corrected chi connectivity index (χ1v) is 4.44. The minimum absolute atomic E-state index is 0.0368. The zero-order chi connectivity index (χ0) is 9.84. The van der Waals surface area contributed by atoms with Crippen molar-refractivity contribution in [1.29, 1.82) is 0 Å². The van der Waals surface area contributed by atoms with E-state index in [0.29, 0.717) is 5.02 Å². The summed E-state index contributed by atoms with van der Waals surface area (Å²) in [6.45, 7) is 1.89. The lowest BCUT2D eigenvalue weighted by Crippen LogP contribution is -2.02. The highest BCUT2D eigenvalue weighted by molar-refractivity contribution is 6.30. The van der Waals surface area contributed by atoms with E-state index in [2.05, 4.69) is 0 Å². The summed E-state index contributed by atoms with van der Waals surface area (Å²) in [6, 6.07) is 7.26. The van der Waals surface area contributed by atoms with Crippen molar-refractivity contribution in [3.05, 3.63) is 34.9 Å². The fraction of sp³-hybridized carbons (Fsp3) is 0.300. The Kier molecular flexibility index (Phi) is 3.32. The predicted octanol–water partition coefficient (Wildman–Crippen LogP) is 2.92. The van der Waals surface area contributed by atoms with E-state index in [0.717, 1.165) is 5.56 Å². The molecule has 0 fully saturated rings. The van der Waals surface area contributed by atoms with E-state index in [-0.39, 0.29) is 12.3 Å². The molecule has 0 saturated heterocycles. The maximum atomic E-state index is 10.4. The molecule has 0 aromatic heterocycles. The maximum Gasteiger partial charge on any atom is 0.303 e. The summed E-state index contributed by atoms with van der Waals surface area (Å²) in [5, 5.41) is 9.25. The van der Waals surface area contributed by atoms with E-state index >= 15 is 0 Å². The van der Waals surface area contributed by atoms with Crippen LogP contribution >= 0.6 is 11.6 Å². The number of carboxylic acids is 1. The molecule has 0 aliphatic carbocycles. The summed E-state index contributed by atoms with van der Waals surface area (Å²) in [7, 11) is 0. The molecule has 2 nitrogen and oxygen atoms in total. The summed E-state index contributed by atoms with van der Waals surface area (Å²) >= 11 is 5.71. The van der Waals surface area contributed by atoms with Crippen LogP contribution in [0.25, 0.3) is 0 Å². The van der Waals surface area contributed by atoms with E-state index < -0.39 is 5.97 Å². The van der Waals surface area contributed by atoms with Gasteiger partial charge in [-0.05, 0) is 23.6 Å². The second-order valence-electron chi connectivity index (χ2n) is 3.05. The maximum absolute atomic E-state index is 10.4. The Morgan fingerprint density at radius 2 is 2.00 bits per heavy atom. The summed E-state index contributed by atoms with van der Waals surface area (Å²) < 4.78 is 0. The molecule has 0 amide bonds. The molecule has 0 bridgehead atoms. The second-order valence-corrected chi connectivity index (χ2v) is 3.49. The van der Waals surface area contributed by atoms with Gasteiger partial charge in [-0.25, -0.2) is 0 Å². The van der Waals surface area contributed by atoms with Crippen molar-refractivity contribution >= 4 is 17.6 Å². The Morgan fingerprint density at radius 3 is 2.46 bits per heavy atom. The summed E-state index contributed by atoms with van der Waals surface area (Å²) in [5.41, 5.74) is 1.01. The van der Waals surface area contributed by atoms with Gasteiger partial charge in [-0.3, -0.25) is 4.79 Å². The molecule has 0 heterocycles. The first kappa shape index (κ1) is 10.1. The lowest BCUT2D eigenvalue weighted by atomic mass is 9.98. The lowest BCUT2D eigenvalue weighted by Gasteiger charge is -2.08. The van der Waals surface area contributed by atoms with Gasteiger partial charge in [0.25, 0.3) is 0 Å². The van der Waals surface area contributed by atoms with Crippen LogP contribution in [0.2, 0.25) is 5.02 Å². The molecule has 0 saturated carbocycles. The summed E-state index contributed by atoms with van der Waals surface area (Å²) in [5.74, 6) is -0.739. The molecule has 1 atom stereocenters. The van der Waals surface area contributed by atoms with Crippen molar-refractivity contribution in [2.45, 2.75) is 19.3 Å². The summed E-state index contributed by atoms with van der Waals surface area (Å²) in [4.78, 5) is 10.4. The Balaban J connectivity index is 2.71. The van der Waals surface area contributed by atoms with Crippen LogP contribution in [0.5, 0.6) is 0 Å². The highest BCUT2D eigenvalue weighted by Crippen LogP contribution is 2.20. The van der Waals surface area contributed by atoms with Gasteiger partial charge in [0.2, 0.25) is 0 Å². The van der Waals surface area contributed by atoms with Crippen molar-refractivity contribution < 1.29 is 9.90 Å². The Labute approximate surface area is 82.2 Å². The average molecular weight is 199 g/mol. The van der Waals surface area contributed by atoms with E-state index in [1.165, 1.54) is 0 Å². The molecule has 70 valence electrons. The normalized spacial score (nSPS) is 12.5. The molecule has 13 heavy (non-hydrogen) atoms. The van der Waals surface area contributed by atoms with Crippen LogP contribution in [0, 0.1) is 0 Å². The third kappa shape index (κ3) is 3.07. The molecule has 0 spiro atoms. The van der Waals surface area contributed by atoms with Crippen molar-refractivity contribution in [3.8, 4) is 0 Å². The van der Waals surface area contributed by atoms with Crippen LogP contribution in [-0.4, -0.2) is 11.1 Å². The van der Waals surface area contributed by atoms with Crippen LogP contribution in [0.4, 0.5) is 0 Å². The van der Waals surface area contributed by atoms with Crippen LogP contribution in [-0.2, 0) is 4.79 Å². The lowest BCUT2D eigenvalue weighted by molar-refractivity contribution is -0.137. The Morgan fingerprint density at radius 1 is 1.46 bits per heavy atom. The number of halogens is 1. The second kappa shape index (κ2) is 4.28. The van der Waals surface area contributed by atoms with E-state index in [4.69, 9.17) is 16.7 Å². The number of hydrogen-bond acceptors (Lipinski definition) is 1. The van der Waals surface area contributed by atoms with Gasteiger partial charge >= 0.3 is 5.97 Å². The number of rotatable bonds is 3. The van der Waals surface area contributed by atoms with Crippen LogP contribution < -0.4 is 0 Å². The van der Waals surface area contributed by atoms with Gasteiger partial charge in [0.1, 0.15) is 0 Å². The largest absolute Gasteiger partial charge is 0.481 e. The van der Waals surface area contributed by atoms with Crippen LogP contribution in [0.3, 0.4) is 0 Å². The molecule has 1 aromatic carbocycles. The number of benzene rings is 1. The van der Waals surface area contributed by atoms with Crippen LogP contribution in [0.15, 0.2) is 24.3 Å². The van der Waals surface area contributed by atoms with Gasteiger partial charge in [-0.2, -0.15) is 0 Å². The molecule has 1 unspecified atom stereocenters. The zero-order valence-electron chi connectivity index (χ0n) is 7.33. The zero-order valence-corrected chi connectivity index (χ0v) is 8.08. The quantitative estimate of drug-likeness (QED) is 0.811. The first-order chi connectivity index (χ1) is 6.09. The van der Waals surface area contributed by atoms with Crippen molar-refractivity contribution in [1.82, 2.24) is 0 Å². The molecule has 3 heteroatoms. The topological polar surface area (TPSA) is 37.3 Å². The number of carbonyl (C=O) groups is 1. The van der Waals surface area contributed by atoms with Gasteiger partial charge in [0, 0.05) is 5.02 Å². The SMILES string of the molecule is CC(CC(=O)O)c1ccc(Cl)cc1. The van der Waals surface area contributed by atoms with Gasteiger partial charge in [-0.15, -0.1) is 0 Å². The van der Waals surface area contributed by atoms with Crippen LogP contribution in [0.1, 0.15) is 24.8 Å². The molecular weight excluding hydrogens is 188 g/mol. The minimum atomic E-state index is -0.776. The Bertz CT molecular complexity index is 292. The van der Waals surface area contributed by atoms with Crippen molar-refractivity contribution in [2.75, 3.05) is 0 Å². The standard InChI is InChI=1S/C10H11ClO2/c1-7(6-10(12)13)8-2-4-9(11)5-3-8/h2-5,7H,6H2,1H3,(H,12,13). The van der Waals surface area contributed by atoms with Crippen molar-refractivity contribution in [2.24, 2.45) is 0 Å². The molecule has 0 aliphatic rings. The molecule has 0 aliphatic heterocycles. The van der Waals surface area contributed by atoms with Crippen molar-refractivity contribution in [3.63, 3.8) is 0 Å². The highest BCUT2D eigenvalue weighted by atomic mass is 35.5. The fourth-order valence-corrected chi connectivity index (χ4v) is 1.30. The van der Waals surface area contributed by atoms with Gasteiger partial charge in [-0.1, -0.05) is 30.7 Å². The smallest absolute Gasteiger partial charge is 0.303 e. The van der Waals surface area contributed by atoms with Gasteiger partial charge in [0.05, 0.1) is 6.42 Å². The monoisotopic (exact) mass is 198 g/mol. The Hall–Kier alpha value is -1.02. The number of aliphatic carboxylic acids is 1. The first-order valence-electron chi connectivity index (χ1n) is 4.07. The number of carboxylic acid groups (broad SMARTS) is 1. The molecular formula is C10H11ClO2. The third-order valence-electron chi connectivity index (χ3n) is 1.92. The third-order valence-corrected chi connectivity index (χ3v) is 2.17. The molecule has 1 aromatic rings. The molecule has 0 radical (unpaired) electrons. The number of hydrogen-bond donors (Lipinski definition) is 1. The highest BCUT2D eigenvalue weighted by Gasteiger charge is 2.09. The van der Waals surface area contributed by atoms with Gasteiger partial charge < -0.3 is 5.11 Å². The summed E-state index contributed by atoms with van der Waals surface area (Å²) in [6.07, 6.45) is 0.154.